The minimum Gasteiger partial charge on any atom is -0.0893 e. The third-order valence-electron chi connectivity index (χ3n) is 2.79. The lowest BCUT2D eigenvalue weighted by molar-refractivity contribution is 0.482. The fraction of sp³-hybridized carbons (Fsp3) is 0.571. The van der Waals surface area contributed by atoms with Gasteiger partial charge in [-0.2, -0.15) is 0 Å². The zero-order chi connectivity index (χ0) is 11.6. The van der Waals surface area contributed by atoms with Crippen LogP contribution >= 0.6 is 15.9 Å². The highest BCUT2D eigenvalue weighted by Crippen LogP contribution is 2.31. The summed E-state index contributed by atoms with van der Waals surface area (Å²) in [4.78, 5) is 0.563. The molecule has 1 rings (SSSR count). The molecule has 0 amide bonds. The van der Waals surface area contributed by atoms with Crippen molar-refractivity contribution in [3.8, 4) is 0 Å². The number of aryl methyl sites for hydroxylation is 2. The molecule has 1 atom stereocenters. The normalized spacial score (nSPS) is 14.0. The Hall–Kier alpha value is -0.300. The highest BCUT2D eigenvalue weighted by molar-refractivity contribution is 9.09. The predicted octanol–water partition coefficient (Wildman–Crippen LogP) is 4.75. The van der Waals surface area contributed by atoms with Crippen molar-refractivity contribution in [3.05, 3.63) is 34.9 Å². The van der Waals surface area contributed by atoms with E-state index in [2.05, 4.69) is 68.7 Å². The fourth-order valence-electron chi connectivity index (χ4n) is 2.19. The van der Waals surface area contributed by atoms with Crippen molar-refractivity contribution in [1.82, 2.24) is 0 Å². The van der Waals surface area contributed by atoms with Crippen LogP contribution in [0.1, 0.15) is 43.9 Å². The molecule has 15 heavy (non-hydrogen) atoms. The minimum absolute atomic E-state index is 0.250. The van der Waals surface area contributed by atoms with Gasteiger partial charge in [0.05, 0.1) is 0 Å². The van der Waals surface area contributed by atoms with Crippen molar-refractivity contribution < 1.29 is 0 Å². The molecule has 0 aliphatic rings. The van der Waals surface area contributed by atoms with E-state index in [1.165, 1.54) is 16.7 Å². The van der Waals surface area contributed by atoms with Crippen LogP contribution in [0.3, 0.4) is 0 Å². The number of rotatable bonds is 3. The summed E-state index contributed by atoms with van der Waals surface area (Å²) in [5.41, 5.74) is 4.42. The summed E-state index contributed by atoms with van der Waals surface area (Å²) in [5, 5.41) is 0. The summed E-state index contributed by atoms with van der Waals surface area (Å²) in [7, 11) is 0. The molecular weight excluding hydrogens is 248 g/mol. The van der Waals surface area contributed by atoms with Crippen LogP contribution in [-0.2, 0) is 5.41 Å². The molecule has 0 fully saturated rings. The molecule has 1 unspecified atom stereocenters. The summed E-state index contributed by atoms with van der Waals surface area (Å²) < 4.78 is 0. The van der Waals surface area contributed by atoms with Crippen molar-refractivity contribution in [1.29, 1.82) is 0 Å². The first-order chi connectivity index (χ1) is 6.81. The van der Waals surface area contributed by atoms with Gasteiger partial charge >= 0.3 is 0 Å². The molecule has 0 radical (unpaired) electrons. The van der Waals surface area contributed by atoms with Crippen molar-refractivity contribution >= 4 is 15.9 Å². The Bertz CT molecular complexity index is 317. The van der Waals surface area contributed by atoms with E-state index >= 15 is 0 Å². The zero-order valence-electron chi connectivity index (χ0n) is 10.4. The molecular formula is C14H21Br. The van der Waals surface area contributed by atoms with Gasteiger partial charge in [-0.25, -0.2) is 0 Å². The molecule has 0 N–H and O–H groups in total. The number of benzene rings is 1. The van der Waals surface area contributed by atoms with Crippen LogP contribution in [0, 0.1) is 13.8 Å². The second kappa shape index (κ2) is 4.69. The Morgan fingerprint density at radius 1 is 1.13 bits per heavy atom. The largest absolute Gasteiger partial charge is 0.0893 e. The summed E-state index contributed by atoms with van der Waals surface area (Å²) in [5.74, 6) is 0. The van der Waals surface area contributed by atoms with Crippen LogP contribution in [0.5, 0.6) is 0 Å². The van der Waals surface area contributed by atoms with E-state index in [0.717, 1.165) is 6.42 Å². The SMILES string of the molecule is Cc1cc(C)cc(C(C)(C)CC(C)Br)c1. The van der Waals surface area contributed by atoms with Gasteiger partial charge in [-0.1, -0.05) is 66.0 Å². The monoisotopic (exact) mass is 268 g/mol. The topological polar surface area (TPSA) is 0 Å². The van der Waals surface area contributed by atoms with E-state index in [1.807, 2.05) is 0 Å². The first kappa shape index (κ1) is 12.8. The summed E-state index contributed by atoms with van der Waals surface area (Å²) in [6.45, 7) is 11.2. The Balaban J connectivity index is 3.03. The number of alkyl halides is 1. The molecule has 0 aliphatic carbocycles. The van der Waals surface area contributed by atoms with Crippen molar-refractivity contribution in [2.75, 3.05) is 0 Å². The average molecular weight is 269 g/mol. The van der Waals surface area contributed by atoms with Crippen molar-refractivity contribution in [3.63, 3.8) is 0 Å². The maximum atomic E-state index is 3.64. The fourth-order valence-corrected chi connectivity index (χ4v) is 3.00. The van der Waals surface area contributed by atoms with Crippen molar-refractivity contribution in [2.24, 2.45) is 0 Å². The zero-order valence-corrected chi connectivity index (χ0v) is 12.0. The third kappa shape index (κ3) is 3.64. The van der Waals surface area contributed by atoms with Gasteiger partial charge in [-0.15, -0.1) is 0 Å². The smallest absolute Gasteiger partial charge is 0.0125 e. The van der Waals surface area contributed by atoms with E-state index in [9.17, 15) is 0 Å². The Morgan fingerprint density at radius 2 is 1.60 bits per heavy atom. The van der Waals surface area contributed by atoms with Gasteiger partial charge < -0.3 is 0 Å². The molecule has 0 spiro atoms. The molecule has 0 heterocycles. The highest BCUT2D eigenvalue weighted by atomic mass is 79.9. The van der Waals surface area contributed by atoms with Gasteiger partial charge in [0.1, 0.15) is 0 Å². The van der Waals surface area contributed by atoms with E-state index in [1.54, 1.807) is 0 Å². The average Bonchev–Trinajstić information content (AvgIpc) is 1.99. The van der Waals surface area contributed by atoms with Crippen LogP contribution in [0.25, 0.3) is 0 Å². The lowest BCUT2D eigenvalue weighted by Gasteiger charge is -2.27. The van der Waals surface area contributed by atoms with Crippen molar-refractivity contribution in [2.45, 2.75) is 51.3 Å². The van der Waals surface area contributed by atoms with Crippen LogP contribution < -0.4 is 0 Å². The molecule has 0 saturated carbocycles. The van der Waals surface area contributed by atoms with Crippen LogP contribution in [0.2, 0.25) is 0 Å². The van der Waals surface area contributed by atoms with Gasteiger partial charge in [0, 0.05) is 4.83 Å². The summed E-state index contributed by atoms with van der Waals surface area (Å²) in [6, 6.07) is 6.85. The molecule has 1 aromatic carbocycles. The predicted molar refractivity (Wildman–Crippen MR) is 71.9 cm³/mol. The first-order valence-electron chi connectivity index (χ1n) is 5.54. The lowest BCUT2D eigenvalue weighted by Crippen LogP contribution is -2.21. The Morgan fingerprint density at radius 3 is 2.00 bits per heavy atom. The minimum atomic E-state index is 0.250. The Labute approximate surface area is 102 Å². The highest BCUT2D eigenvalue weighted by Gasteiger charge is 2.22. The molecule has 0 saturated heterocycles. The van der Waals surface area contributed by atoms with E-state index < -0.39 is 0 Å². The van der Waals surface area contributed by atoms with E-state index in [0.29, 0.717) is 4.83 Å². The molecule has 1 heteroatoms. The van der Waals surface area contributed by atoms with Gasteiger partial charge in [-0.05, 0) is 31.2 Å². The maximum Gasteiger partial charge on any atom is 0.0125 e. The quantitative estimate of drug-likeness (QED) is 0.694. The van der Waals surface area contributed by atoms with Gasteiger partial charge in [-0.3, -0.25) is 0 Å². The van der Waals surface area contributed by atoms with E-state index in [4.69, 9.17) is 0 Å². The Kier molecular flexibility index (Phi) is 3.99. The second-order valence-electron chi connectivity index (χ2n) is 5.25. The number of hydrogen-bond acceptors (Lipinski definition) is 0. The summed E-state index contributed by atoms with van der Waals surface area (Å²) in [6.07, 6.45) is 1.16. The molecule has 0 aliphatic heterocycles. The standard InChI is InChI=1S/C14H21Br/c1-10-6-11(2)8-13(7-10)14(4,5)9-12(3)15/h6-8,12H,9H2,1-5H3. The maximum absolute atomic E-state index is 3.64. The van der Waals surface area contributed by atoms with Crippen LogP contribution in [-0.4, -0.2) is 4.83 Å². The molecule has 0 nitrogen and oxygen atoms in total. The lowest BCUT2D eigenvalue weighted by atomic mass is 9.79. The van der Waals surface area contributed by atoms with Gasteiger partial charge in [0.25, 0.3) is 0 Å². The number of halogens is 1. The first-order valence-corrected chi connectivity index (χ1v) is 6.46. The van der Waals surface area contributed by atoms with Gasteiger partial charge in [0.15, 0.2) is 0 Å². The number of hydrogen-bond donors (Lipinski definition) is 0. The molecule has 0 bridgehead atoms. The molecule has 84 valence electrons. The van der Waals surface area contributed by atoms with Crippen LogP contribution in [0.4, 0.5) is 0 Å². The van der Waals surface area contributed by atoms with E-state index in [-0.39, 0.29) is 5.41 Å². The molecule has 1 aromatic rings. The van der Waals surface area contributed by atoms with Crippen LogP contribution in [0.15, 0.2) is 18.2 Å². The second-order valence-corrected chi connectivity index (χ2v) is 6.81. The molecule has 0 aromatic heterocycles. The summed E-state index contributed by atoms with van der Waals surface area (Å²) >= 11 is 3.64. The van der Waals surface area contributed by atoms with Gasteiger partial charge in [0.2, 0.25) is 0 Å². The third-order valence-corrected chi connectivity index (χ3v) is 3.12.